The summed E-state index contributed by atoms with van der Waals surface area (Å²) in [6.07, 6.45) is 0.313. The Morgan fingerprint density at radius 3 is 2.77 bits per heavy atom. The minimum absolute atomic E-state index is 0.118. The first-order chi connectivity index (χ1) is 12.3. The maximum absolute atomic E-state index is 12.2. The molecule has 1 amide bonds. The van der Waals surface area contributed by atoms with Gasteiger partial charge in [0.1, 0.15) is 10.7 Å². The van der Waals surface area contributed by atoms with Gasteiger partial charge in [-0.15, -0.1) is 4.40 Å². The number of halogens is 1. The number of nitrogens with zero attached hydrogens (tertiary/aromatic N) is 1. The maximum Gasteiger partial charge on any atom is 0.286 e. The lowest BCUT2D eigenvalue weighted by Gasteiger charge is -2.18. The normalized spacial score (nSPS) is 14.8. The number of amidine groups is 1. The Balaban J connectivity index is 1.60. The van der Waals surface area contributed by atoms with E-state index in [1.54, 1.807) is 18.2 Å². The van der Waals surface area contributed by atoms with E-state index in [4.69, 9.17) is 11.6 Å². The fraction of sp³-hybridized carbons (Fsp3) is 0.222. The van der Waals surface area contributed by atoms with E-state index >= 15 is 0 Å². The minimum atomic E-state index is -3.74. The molecule has 1 aliphatic rings. The summed E-state index contributed by atoms with van der Waals surface area (Å²) in [7, 11) is -3.74. The van der Waals surface area contributed by atoms with Crippen LogP contribution in [0.2, 0.25) is 5.02 Å². The number of fused-ring (bicyclic) bond motifs is 1. The Hall–Kier alpha value is -2.38. The lowest BCUT2D eigenvalue weighted by molar-refractivity contribution is -0.121. The first-order valence-corrected chi connectivity index (χ1v) is 9.88. The molecule has 1 aliphatic heterocycles. The molecule has 6 nitrogen and oxygen atoms in total. The number of rotatable bonds is 5. The van der Waals surface area contributed by atoms with Gasteiger partial charge in [-0.2, -0.15) is 8.42 Å². The van der Waals surface area contributed by atoms with Crippen LogP contribution in [0.3, 0.4) is 0 Å². The quantitative estimate of drug-likeness (QED) is 0.818. The van der Waals surface area contributed by atoms with E-state index in [0.29, 0.717) is 17.3 Å². The predicted molar refractivity (Wildman–Crippen MR) is 102 cm³/mol. The molecule has 2 aromatic carbocycles. The molecule has 0 aliphatic carbocycles. The summed E-state index contributed by atoms with van der Waals surface area (Å²) in [4.78, 5) is 12.2. The SMILES string of the molecule is Cc1ccc2c(c1)NC(CCC(=O)NCc1ccccc1Cl)=NS2(=O)=O. The second-order valence-corrected chi connectivity index (χ2v) is 7.99. The van der Waals surface area contributed by atoms with Gasteiger partial charge in [0, 0.05) is 24.4 Å². The van der Waals surface area contributed by atoms with Crippen LogP contribution < -0.4 is 10.6 Å². The van der Waals surface area contributed by atoms with E-state index < -0.39 is 10.0 Å². The third-order valence-corrected chi connectivity index (χ3v) is 5.69. The monoisotopic (exact) mass is 391 g/mol. The molecule has 0 saturated heterocycles. The molecule has 8 heteroatoms. The standard InChI is InChI=1S/C18H18ClN3O3S/c1-12-6-7-16-15(10-12)21-17(22-26(16,24)25)8-9-18(23)20-11-13-4-2-3-5-14(13)19/h2-7,10H,8-9,11H2,1H3,(H,20,23)(H,21,22). The van der Waals surface area contributed by atoms with Crippen molar-refractivity contribution in [3.63, 3.8) is 0 Å². The summed E-state index contributed by atoms with van der Waals surface area (Å²) < 4.78 is 28.3. The number of nitrogens with one attached hydrogen (secondary N) is 2. The fourth-order valence-corrected chi connectivity index (χ4v) is 3.96. The van der Waals surface area contributed by atoms with Gasteiger partial charge in [0.25, 0.3) is 10.0 Å². The summed E-state index contributed by atoms with van der Waals surface area (Å²) >= 11 is 6.05. The number of hydrogen-bond donors (Lipinski definition) is 2. The molecule has 2 N–H and O–H groups in total. The number of hydrogen-bond acceptors (Lipinski definition) is 4. The smallest absolute Gasteiger partial charge is 0.286 e. The average molecular weight is 392 g/mol. The average Bonchev–Trinajstić information content (AvgIpc) is 2.58. The Morgan fingerprint density at radius 2 is 2.00 bits per heavy atom. The topological polar surface area (TPSA) is 87.6 Å². The molecule has 0 spiro atoms. The Kier molecular flexibility index (Phi) is 5.29. The van der Waals surface area contributed by atoms with Crippen molar-refractivity contribution >= 4 is 39.1 Å². The fourth-order valence-electron chi connectivity index (χ4n) is 2.60. The second kappa shape index (κ2) is 7.47. The van der Waals surface area contributed by atoms with Crippen LogP contribution in [-0.2, 0) is 21.4 Å². The highest BCUT2D eigenvalue weighted by molar-refractivity contribution is 7.90. The van der Waals surface area contributed by atoms with Crippen molar-refractivity contribution in [2.45, 2.75) is 31.2 Å². The van der Waals surface area contributed by atoms with E-state index in [-0.39, 0.29) is 29.5 Å². The van der Waals surface area contributed by atoms with Gasteiger partial charge in [0.05, 0.1) is 5.69 Å². The zero-order valence-corrected chi connectivity index (χ0v) is 15.7. The van der Waals surface area contributed by atoms with Crippen molar-refractivity contribution in [2.24, 2.45) is 4.40 Å². The maximum atomic E-state index is 12.2. The number of carbonyl (C=O) groups excluding carboxylic acids is 1. The van der Waals surface area contributed by atoms with Crippen LogP contribution in [0, 0.1) is 6.92 Å². The van der Waals surface area contributed by atoms with Gasteiger partial charge >= 0.3 is 0 Å². The number of carbonyl (C=O) groups is 1. The Bertz CT molecular complexity index is 987. The van der Waals surface area contributed by atoms with Crippen LogP contribution in [-0.4, -0.2) is 20.2 Å². The molecule has 2 aromatic rings. The molecular weight excluding hydrogens is 374 g/mol. The molecule has 0 aromatic heterocycles. The summed E-state index contributed by atoms with van der Waals surface area (Å²) in [5, 5.41) is 6.36. The molecule has 0 bridgehead atoms. The molecular formula is C18H18ClN3O3S. The van der Waals surface area contributed by atoms with Crippen molar-refractivity contribution in [3.8, 4) is 0 Å². The molecule has 0 atom stereocenters. The predicted octanol–water partition coefficient (Wildman–Crippen LogP) is 3.26. The van der Waals surface area contributed by atoms with Crippen LogP contribution in [0.1, 0.15) is 24.0 Å². The summed E-state index contributed by atoms with van der Waals surface area (Å²) in [5.41, 5.74) is 2.25. The number of benzene rings is 2. The highest BCUT2D eigenvalue weighted by atomic mass is 35.5. The molecule has 0 unspecified atom stereocenters. The van der Waals surface area contributed by atoms with E-state index in [0.717, 1.165) is 11.1 Å². The molecule has 1 heterocycles. The van der Waals surface area contributed by atoms with Crippen molar-refractivity contribution in [1.29, 1.82) is 0 Å². The van der Waals surface area contributed by atoms with Gasteiger partial charge in [0.15, 0.2) is 0 Å². The molecule has 26 heavy (non-hydrogen) atoms. The molecule has 0 fully saturated rings. The van der Waals surface area contributed by atoms with Crippen molar-refractivity contribution in [1.82, 2.24) is 5.32 Å². The first kappa shape index (κ1) is 18.4. The van der Waals surface area contributed by atoms with Gasteiger partial charge in [0.2, 0.25) is 5.91 Å². The van der Waals surface area contributed by atoms with Crippen LogP contribution in [0.15, 0.2) is 51.8 Å². The molecule has 136 valence electrons. The number of aryl methyl sites for hydroxylation is 1. The zero-order chi connectivity index (χ0) is 18.7. The van der Waals surface area contributed by atoms with Crippen molar-refractivity contribution < 1.29 is 13.2 Å². The lowest BCUT2D eigenvalue weighted by Crippen LogP contribution is -2.26. The van der Waals surface area contributed by atoms with E-state index in [9.17, 15) is 13.2 Å². The summed E-state index contributed by atoms with van der Waals surface area (Å²) in [5.74, 6) is 0.0536. The van der Waals surface area contributed by atoms with Crippen molar-refractivity contribution in [2.75, 3.05) is 5.32 Å². The minimum Gasteiger partial charge on any atom is -0.352 e. The van der Waals surface area contributed by atoms with Gasteiger partial charge in [-0.3, -0.25) is 4.79 Å². The van der Waals surface area contributed by atoms with Crippen LogP contribution in [0.25, 0.3) is 0 Å². The van der Waals surface area contributed by atoms with Crippen molar-refractivity contribution in [3.05, 3.63) is 58.6 Å². The largest absolute Gasteiger partial charge is 0.352 e. The third-order valence-electron chi connectivity index (χ3n) is 3.95. The van der Waals surface area contributed by atoms with E-state index in [1.165, 1.54) is 6.07 Å². The molecule has 0 saturated carbocycles. The Morgan fingerprint density at radius 1 is 1.23 bits per heavy atom. The molecule has 0 radical (unpaired) electrons. The summed E-state index contributed by atoms with van der Waals surface area (Å²) in [6, 6.07) is 12.3. The highest BCUT2D eigenvalue weighted by Crippen LogP contribution is 2.28. The van der Waals surface area contributed by atoms with E-state index in [1.807, 2.05) is 25.1 Å². The van der Waals surface area contributed by atoms with Gasteiger partial charge in [-0.25, -0.2) is 0 Å². The highest BCUT2D eigenvalue weighted by Gasteiger charge is 2.24. The van der Waals surface area contributed by atoms with Gasteiger partial charge in [-0.1, -0.05) is 35.9 Å². The van der Waals surface area contributed by atoms with Crippen LogP contribution >= 0.6 is 11.6 Å². The lowest BCUT2D eigenvalue weighted by atomic mass is 10.2. The number of anilines is 1. The summed E-state index contributed by atoms with van der Waals surface area (Å²) in [6.45, 7) is 2.20. The number of sulfonamides is 1. The zero-order valence-electron chi connectivity index (χ0n) is 14.1. The van der Waals surface area contributed by atoms with Crippen LogP contribution in [0.5, 0.6) is 0 Å². The van der Waals surface area contributed by atoms with Gasteiger partial charge < -0.3 is 10.6 Å². The Labute approximate surface area is 157 Å². The van der Waals surface area contributed by atoms with E-state index in [2.05, 4.69) is 15.0 Å². The van der Waals surface area contributed by atoms with Gasteiger partial charge in [-0.05, 0) is 36.2 Å². The number of amides is 1. The second-order valence-electron chi connectivity index (χ2n) is 6.01. The van der Waals surface area contributed by atoms with Crippen LogP contribution in [0.4, 0.5) is 5.69 Å². The third kappa shape index (κ3) is 4.23. The molecule has 3 rings (SSSR count). The first-order valence-electron chi connectivity index (χ1n) is 8.07.